The van der Waals surface area contributed by atoms with Crippen molar-refractivity contribution in [2.45, 2.75) is 40.2 Å². The van der Waals surface area contributed by atoms with E-state index in [-0.39, 0.29) is 0 Å². The molecule has 1 aliphatic carbocycles. The van der Waals surface area contributed by atoms with Crippen LogP contribution in [0.4, 0.5) is 0 Å². The SMILES string of the molecule is C/C(SN)=C(/N)C1CC1.CC.O=CNCc1cccc2ccccc12. The van der Waals surface area contributed by atoms with Gasteiger partial charge in [0.05, 0.1) is 0 Å². The van der Waals surface area contributed by atoms with Gasteiger partial charge in [-0.1, -0.05) is 68.3 Å². The average Bonchev–Trinajstić information content (AvgIpc) is 3.52. The van der Waals surface area contributed by atoms with Gasteiger partial charge in [-0.05, 0) is 42.0 Å². The molecule has 5 heteroatoms. The molecule has 25 heavy (non-hydrogen) atoms. The molecule has 1 saturated carbocycles. The van der Waals surface area contributed by atoms with E-state index in [0.717, 1.165) is 22.6 Å². The fourth-order valence-electron chi connectivity index (χ4n) is 2.35. The summed E-state index contributed by atoms with van der Waals surface area (Å²) in [6.45, 7) is 6.56. The fourth-order valence-corrected chi connectivity index (χ4v) is 2.65. The molecule has 0 spiro atoms. The van der Waals surface area contributed by atoms with Crippen molar-refractivity contribution in [2.75, 3.05) is 0 Å². The van der Waals surface area contributed by atoms with Crippen LogP contribution < -0.4 is 16.2 Å². The largest absolute Gasteiger partial charge is 0.401 e. The van der Waals surface area contributed by atoms with Gasteiger partial charge in [0.1, 0.15) is 0 Å². The normalized spacial score (nSPS) is 13.6. The molecule has 0 saturated heterocycles. The van der Waals surface area contributed by atoms with Crippen molar-refractivity contribution in [1.29, 1.82) is 0 Å². The van der Waals surface area contributed by atoms with Gasteiger partial charge in [0.15, 0.2) is 0 Å². The summed E-state index contributed by atoms with van der Waals surface area (Å²) in [6.07, 6.45) is 3.23. The minimum absolute atomic E-state index is 0.588. The molecule has 0 bridgehead atoms. The van der Waals surface area contributed by atoms with E-state index in [2.05, 4.69) is 23.5 Å². The lowest BCUT2D eigenvalue weighted by molar-refractivity contribution is -0.109. The number of allylic oxidation sites excluding steroid dienone is 2. The highest BCUT2D eigenvalue weighted by atomic mass is 32.2. The molecule has 0 heterocycles. The summed E-state index contributed by atoms with van der Waals surface area (Å²) in [6, 6.07) is 14.3. The third-order valence-electron chi connectivity index (χ3n) is 3.86. The number of benzene rings is 2. The second-order valence-corrected chi connectivity index (χ2v) is 6.39. The maximum Gasteiger partial charge on any atom is 0.207 e. The first-order chi connectivity index (χ1) is 12.2. The number of rotatable bonds is 5. The molecular formula is C20H29N3OS. The maximum atomic E-state index is 10.2. The molecule has 1 fully saturated rings. The fraction of sp³-hybridized carbons (Fsp3) is 0.350. The van der Waals surface area contributed by atoms with Crippen LogP contribution in [-0.2, 0) is 11.3 Å². The molecule has 0 radical (unpaired) electrons. The third-order valence-corrected chi connectivity index (χ3v) is 4.45. The third kappa shape index (κ3) is 6.80. The number of fused-ring (bicyclic) bond motifs is 1. The van der Waals surface area contributed by atoms with Crippen molar-refractivity contribution in [3.63, 3.8) is 0 Å². The number of amides is 1. The zero-order chi connectivity index (χ0) is 18.7. The molecular weight excluding hydrogens is 330 g/mol. The van der Waals surface area contributed by atoms with Gasteiger partial charge in [-0.25, -0.2) is 0 Å². The molecule has 0 atom stereocenters. The summed E-state index contributed by atoms with van der Waals surface area (Å²) in [4.78, 5) is 11.3. The number of hydrogen-bond donors (Lipinski definition) is 3. The van der Waals surface area contributed by atoms with Crippen LogP contribution in [0, 0.1) is 5.92 Å². The topological polar surface area (TPSA) is 81.1 Å². The first kappa shape index (κ1) is 21.1. The van der Waals surface area contributed by atoms with Crippen molar-refractivity contribution in [3.05, 3.63) is 58.6 Å². The summed E-state index contributed by atoms with van der Waals surface area (Å²) >= 11 is 1.26. The lowest BCUT2D eigenvalue weighted by Crippen LogP contribution is -2.09. The van der Waals surface area contributed by atoms with Crippen LogP contribution in [0.2, 0.25) is 0 Å². The number of nitrogens with two attached hydrogens (primary N) is 2. The summed E-state index contributed by atoms with van der Waals surface area (Å²) in [5.74, 6) is 0.654. The molecule has 1 amide bonds. The Morgan fingerprint density at radius 2 is 1.84 bits per heavy atom. The van der Waals surface area contributed by atoms with Crippen molar-refractivity contribution < 1.29 is 4.79 Å². The molecule has 0 aliphatic heterocycles. The molecule has 0 unspecified atom stereocenters. The van der Waals surface area contributed by atoms with Crippen LogP contribution in [0.25, 0.3) is 10.8 Å². The quantitative estimate of drug-likeness (QED) is 0.549. The smallest absolute Gasteiger partial charge is 0.207 e. The number of nitrogens with one attached hydrogen (secondary N) is 1. The lowest BCUT2D eigenvalue weighted by atomic mass is 10.0. The first-order valence-corrected chi connectivity index (χ1v) is 9.52. The van der Waals surface area contributed by atoms with E-state index in [9.17, 15) is 4.79 Å². The summed E-state index contributed by atoms with van der Waals surface area (Å²) in [5.41, 5.74) is 7.86. The van der Waals surface area contributed by atoms with Crippen LogP contribution in [0.3, 0.4) is 0 Å². The highest BCUT2D eigenvalue weighted by molar-refractivity contribution is 8.00. The van der Waals surface area contributed by atoms with E-state index in [4.69, 9.17) is 10.9 Å². The molecule has 4 nitrogen and oxygen atoms in total. The van der Waals surface area contributed by atoms with Gasteiger partial charge < -0.3 is 11.1 Å². The van der Waals surface area contributed by atoms with Gasteiger partial charge in [0.25, 0.3) is 0 Å². The predicted octanol–water partition coefficient (Wildman–Crippen LogP) is 4.31. The standard InChI is InChI=1S/C12H11NO.C6H12N2S.C2H6/c14-9-13-8-11-6-3-5-10-4-1-2-7-12(10)11;1-4(9-8)6(7)5-2-3-5;1-2/h1-7,9H,8H2,(H,13,14);5H,2-3,7-8H2,1H3;1-2H3/b;6-4-;. The zero-order valence-electron chi connectivity index (χ0n) is 15.3. The highest BCUT2D eigenvalue weighted by Gasteiger charge is 2.25. The molecule has 2 aromatic rings. The Labute approximate surface area is 155 Å². The minimum Gasteiger partial charge on any atom is -0.401 e. The van der Waals surface area contributed by atoms with Crippen molar-refractivity contribution >= 4 is 29.1 Å². The Balaban J connectivity index is 0.000000246. The van der Waals surface area contributed by atoms with Crippen LogP contribution in [0.15, 0.2) is 53.1 Å². The van der Waals surface area contributed by atoms with Gasteiger partial charge in [0.2, 0.25) is 6.41 Å². The second-order valence-electron chi connectivity index (χ2n) is 5.54. The van der Waals surface area contributed by atoms with Crippen molar-refractivity contribution in [3.8, 4) is 0 Å². The number of carbonyl (C=O) groups is 1. The summed E-state index contributed by atoms with van der Waals surface area (Å²) < 4.78 is 0. The summed E-state index contributed by atoms with van der Waals surface area (Å²) in [7, 11) is 0. The Hall–Kier alpha value is -1.98. The van der Waals surface area contributed by atoms with Crippen LogP contribution in [-0.4, -0.2) is 6.41 Å². The average molecular weight is 360 g/mol. The summed E-state index contributed by atoms with van der Waals surface area (Å²) in [5, 5.41) is 10.4. The number of carbonyl (C=O) groups excluding carboxylic acids is 1. The van der Waals surface area contributed by atoms with E-state index in [0.29, 0.717) is 12.5 Å². The Morgan fingerprint density at radius 1 is 1.20 bits per heavy atom. The predicted molar refractivity (Wildman–Crippen MR) is 110 cm³/mol. The minimum atomic E-state index is 0.588. The molecule has 136 valence electrons. The van der Waals surface area contributed by atoms with Gasteiger partial charge in [0, 0.05) is 17.1 Å². The van der Waals surface area contributed by atoms with Crippen molar-refractivity contribution in [2.24, 2.45) is 16.8 Å². The van der Waals surface area contributed by atoms with Gasteiger partial charge in [-0.15, -0.1) is 0 Å². The number of hydrogen-bond acceptors (Lipinski definition) is 4. The van der Waals surface area contributed by atoms with Crippen LogP contribution in [0.5, 0.6) is 0 Å². The highest BCUT2D eigenvalue weighted by Crippen LogP contribution is 2.36. The van der Waals surface area contributed by atoms with E-state index in [1.807, 2.05) is 45.0 Å². The van der Waals surface area contributed by atoms with Crippen LogP contribution >= 0.6 is 11.9 Å². The van der Waals surface area contributed by atoms with E-state index < -0.39 is 0 Å². The van der Waals surface area contributed by atoms with E-state index in [1.54, 1.807) is 0 Å². The van der Waals surface area contributed by atoms with Gasteiger partial charge in [-0.3, -0.25) is 9.93 Å². The molecule has 3 rings (SSSR count). The molecule has 0 aromatic heterocycles. The zero-order valence-corrected chi connectivity index (χ0v) is 16.1. The van der Waals surface area contributed by atoms with E-state index >= 15 is 0 Å². The Morgan fingerprint density at radius 3 is 2.44 bits per heavy atom. The molecule has 5 N–H and O–H groups in total. The maximum absolute atomic E-state index is 10.2. The second kappa shape index (κ2) is 11.6. The first-order valence-electron chi connectivity index (χ1n) is 8.64. The van der Waals surface area contributed by atoms with Crippen LogP contribution in [0.1, 0.15) is 39.2 Å². The van der Waals surface area contributed by atoms with Gasteiger partial charge >= 0.3 is 0 Å². The van der Waals surface area contributed by atoms with Gasteiger partial charge in [-0.2, -0.15) is 0 Å². The Kier molecular flexibility index (Phi) is 9.73. The molecule has 1 aliphatic rings. The monoisotopic (exact) mass is 359 g/mol. The van der Waals surface area contributed by atoms with E-state index in [1.165, 1.54) is 35.6 Å². The lowest BCUT2D eigenvalue weighted by Gasteiger charge is -2.04. The molecule has 2 aromatic carbocycles. The van der Waals surface area contributed by atoms with Crippen molar-refractivity contribution in [1.82, 2.24) is 5.32 Å². The Bertz CT molecular complexity index is 691.